The van der Waals surface area contributed by atoms with Crippen LogP contribution in [0.2, 0.25) is 0 Å². The summed E-state index contributed by atoms with van der Waals surface area (Å²) in [4.78, 5) is 25.7. The molecule has 1 aromatic carbocycles. The Bertz CT molecular complexity index is 772. The summed E-state index contributed by atoms with van der Waals surface area (Å²) < 4.78 is 4.71. The Kier molecular flexibility index (Phi) is 8.95. The van der Waals surface area contributed by atoms with Gasteiger partial charge in [-0.25, -0.2) is 4.79 Å². The maximum atomic E-state index is 12.3. The number of nitrogens with zero attached hydrogens (tertiary/aromatic N) is 1. The van der Waals surface area contributed by atoms with Gasteiger partial charge < -0.3 is 14.7 Å². The molecule has 1 amide bonds. The molecule has 0 bridgehead atoms. The summed E-state index contributed by atoms with van der Waals surface area (Å²) >= 11 is 0. The predicted octanol–water partition coefficient (Wildman–Crippen LogP) is 3.36. The van der Waals surface area contributed by atoms with Crippen molar-refractivity contribution >= 4 is 11.9 Å². The van der Waals surface area contributed by atoms with Crippen molar-refractivity contribution in [1.82, 2.24) is 4.90 Å². The van der Waals surface area contributed by atoms with Gasteiger partial charge in [0.05, 0.1) is 24.8 Å². The average molecular weight is 398 g/mol. The standard InChI is InChI=1S/C24H31NO4/c1-4-5-6-7-18(2)22(26)14-12-21-13-15-23(27)25(21)17-16-19-8-10-20(11-9-19)24(28)29-3/h8-12,14,18,21-22,26H,4,7,13,15-17H2,1-3H3/t18-,21-,22+/m0/s1. The van der Waals surface area contributed by atoms with Gasteiger partial charge in [-0.05, 0) is 36.5 Å². The van der Waals surface area contributed by atoms with Crippen molar-refractivity contribution in [2.75, 3.05) is 13.7 Å². The molecule has 0 aromatic heterocycles. The van der Waals surface area contributed by atoms with Crippen LogP contribution in [0.4, 0.5) is 0 Å². The number of esters is 1. The van der Waals surface area contributed by atoms with Gasteiger partial charge >= 0.3 is 5.97 Å². The number of carbonyl (C=O) groups excluding carboxylic acids is 2. The fraction of sp³-hybridized carbons (Fsp3) is 0.500. The molecule has 3 atom stereocenters. The van der Waals surface area contributed by atoms with Crippen LogP contribution in [-0.2, 0) is 16.0 Å². The Morgan fingerprint density at radius 3 is 2.72 bits per heavy atom. The van der Waals surface area contributed by atoms with E-state index >= 15 is 0 Å². The van der Waals surface area contributed by atoms with Crippen molar-refractivity contribution in [2.24, 2.45) is 5.92 Å². The minimum absolute atomic E-state index is 0.0143. The molecule has 156 valence electrons. The molecule has 0 saturated carbocycles. The monoisotopic (exact) mass is 397 g/mol. The van der Waals surface area contributed by atoms with E-state index in [0.717, 1.165) is 18.4 Å². The van der Waals surface area contributed by atoms with Crippen LogP contribution in [0.25, 0.3) is 0 Å². The third kappa shape index (κ3) is 6.76. The smallest absolute Gasteiger partial charge is 0.337 e. The van der Waals surface area contributed by atoms with Crippen LogP contribution in [0.1, 0.15) is 55.5 Å². The van der Waals surface area contributed by atoms with Crippen molar-refractivity contribution in [1.29, 1.82) is 0 Å². The molecule has 1 saturated heterocycles. The highest BCUT2D eigenvalue weighted by Crippen LogP contribution is 2.21. The van der Waals surface area contributed by atoms with Gasteiger partial charge in [0.2, 0.25) is 5.91 Å². The molecule has 0 unspecified atom stereocenters. The summed E-state index contributed by atoms with van der Waals surface area (Å²) in [5, 5.41) is 10.3. The Morgan fingerprint density at radius 2 is 2.07 bits per heavy atom. The number of amides is 1. The van der Waals surface area contributed by atoms with E-state index in [-0.39, 0.29) is 23.8 Å². The molecule has 0 spiro atoms. The average Bonchev–Trinajstić information content (AvgIpc) is 3.09. The van der Waals surface area contributed by atoms with Crippen molar-refractivity contribution in [2.45, 2.75) is 58.1 Å². The van der Waals surface area contributed by atoms with E-state index in [0.29, 0.717) is 31.4 Å². The predicted molar refractivity (Wildman–Crippen MR) is 113 cm³/mol. The lowest BCUT2D eigenvalue weighted by molar-refractivity contribution is -0.128. The molecule has 1 aliphatic heterocycles. The van der Waals surface area contributed by atoms with E-state index in [4.69, 9.17) is 4.74 Å². The molecule has 1 N–H and O–H groups in total. The fourth-order valence-electron chi connectivity index (χ4n) is 3.33. The fourth-order valence-corrected chi connectivity index (χ4v) is 3.33. The molecule has 1 heterocycles. The summed E-state index contributed by atoms with van der Waals surface area (Å²) in [6.07, 6.45) is 6.70. The molecule has 2 rings (SSSR count). The first-order valence-electron chi connectivity index (χ1n) is 10.2. The molecular weight excluding hydrogens is 366 g/mol. The number of aliphatic hydroxyl groups is 1. The van der Waals surface area contributed by atoms with E-state index in [1.807, 2.05) is 37.0 Å². The van der Waals surface area contributed by atoms with Gasteiger partial charge in [-0.2, -0.15) is 0 Å². The van der Waals surface area contributed by atoms with E-state index in [1.54, 1.807) is 18.2 Å². The van der Waals surface area contributed by atoms with E-state index in [1.165, 1.54) is 7.11 Å². The largest absolute Gasteiger partial charge is 0.465 e. The number of ether oxygens (including phenoxy) is 1. The second-order valence-electron chi connectivity index (χ2n) is 7.40. The lowest BCUT2D eigenvalue weighted by atomic mass is 10.00. The van der Waals surface area contributed by atoms with Gasteiger partial charge in [0.25, 0.3) is 0 Å². The zero-order valence-corrected chi connectivity index (χ0v) is 17.6. The number of carbonyl (C=O) groups is 2. The lowest BCUT2D eigenvalue weighted by Gasteiger charge is -2.23. The summed E-state index contributed by atoms with van der Waals surface area (Å²) in [5.74, 6) is 5.94. The van der Waals surface area contributed by atoms with Gasteiger partial charge in [0, 0.05) is 25.8 Å². The van der Waals surface area contributed by atoms with Gasteiger partial charge in [0.1, 0.15) is 0 Å². The highest BCUT2D eigenvalue weighted by Gasteiger charge is 2.28. The van der Waals surface area contributed by atoms with Gasteiger partial charge in [-0.3, -0.25) is 4.79 Å². The van der Waals surface area contributed by atoms with Crippen LogP contribution in [0.5, 0.6) is 0 Å². The third-order valence-electron chi connectivity index (χ3n) is 5.23. The molecule has 1 aromatic rings. The Balaban J connectivity index is 1.92. The zero-order valence-electron chi connectivity index (χ0n) is 17.6. The molecule has 0 aliphatic carbocycles. The van der Waals surface area contributed by atoms with Gasteiger partial charge in [-0.15, -0.1) is 11.8 Å². The minimum atomic E-state index is -0.565. The second-order valence-corrected chi connectivity index (χ2v) is 7.40. The summed E-state index contributed by atoms with van der Waals surface area (Å²) in [6, 6.07) is 7.27. The molecule has 1 fully saturated rings. The van der Waals surface area contributed by atoms with Crippen molar-refractivity contribution < 1.29 is 19.4 Å². The minimum Gasteiger partial charge on any atom is -0.465 e. The van der Waals surface area contributed by atoms with Crippen LogP contribution in [0.15, 0.2) is 36.4 Å². The zero-order chi connectivity index (χ0) is 21.2. The third-order valence-corrected chi connectivity index (χ3v) is 5.23. The van der Waals surface area contributed by atoms with Crippen molar-refractivity contribution in [3.63, 3.8) is 0 Å². The number of likely N-dealkylation sites (tertiary alicyclic amines) is 1. The van der Waals surface area contributed by atoms with Crippen LogP contribution in [-0.4, -0.2) is 47.7 Å². The highest BCUT2D eigenvalue weighted by molar-refractivity contribution is 5.89. The van der Waals surface area contributed by atoms with Crippen molar-refractivity contribution in [3.8, 4) is 11.8 Å². The highest BCUT2D eigenvalue weighted by atomic mass is 16.5. The van der Waals surface area contributed by atoms with E-state index in [2.05, 4.69) is 11.8 Å². The number of rotatable bonds is 8. The van der Waals surface area contributed by atoms with Crippen LogP contribution in [0.3, 0.4) is 0 Å². The summed E-state index contributed by atoms with van der Waals surface area (Å²) in [6.45, 7) is 4.60. The first-order chi connectivity index (χ1) is 14.0. The number of benzene rings is 1. The molecule has 1 aliphatic rings. The molecule has 0 radical (unpaired) electrons. The first kappa shape index (κ1) is 22.7. The summed E-state index contributed by atoms with van der Waals surface area (Å²) in [5.41, 5.74) is 1.57. The van der Waals surface area contributed by atoms with Crippen molar-refractivity contribution in [3.05, 3.63) is 47.5 Å². The topological polar surface area (TPSA) is 66.8 Å². The Hall–Kier alpha value is -2.58. The molecule has 29 heavy (non-hydrogen) atoms. The maximum absolute atomic E-state index is 12.3. The van der Waals surface area contributed by atoms with Crippen LogP contribution in [0, 0.1) is 17.8 Å². The maximum Gasteiger partial charge on any atom is 0.337 e. The van der Waals surface area contributed by atoms with Crippen LogP contribution < -0.4 is 0 Å². The first-order valence-corrected chi connectivity index (χ1v) is 10.2. The SMILES string of the molecule is CCC#CC[C@H](C)[C@H](O)C=C[C@H]1CCC(=O)N1CCc1ccc(C(=O)OC)cc1. The second kappa shape index (κ2) is 11.4. The number of hydrogen-bond donors (Lipinski definition) is 1. The quantitative estimate of drug-likeness (QED) is 0.415. The number of aliphatic hydroxyl groups excluding tert-OH is 1. The lowest BCUT2D eigenvalue weighted by Crippen LogP contribution is -2.34. The van der Waals surface area contributed by atoms with E-state index in [9.17, 15) is 14.7 Å². The molecular formula is C24H31NO4. The van der Waals surface area contributed by atoms with Crippen LogP contribution >= 0.6 is 0 Å². The molecule has 5 heteroatoms. The van der Waals surface area contributed by atoms with E-state index < -0.39 is 6.10 Å². The normalized spacial score (nSPS) is 18.4. The molecule has 5 nitrogen and oxygen atoms in total. The number of methoxy groups -OCH3 is 1. The van der Waals surface area contributed by atoms with Gasteiger partial charge in [0.15, 0.2) is 0 Å². The van der Waals surface area contributed by atoms with Gasteiger partial charge in [-0.1, -0.05) is 38.1 Å². The Labute approximate surface area is 173 Å². The Morgan fingerprint density at radius 1 is 1.34 bits per heavy atom. The number of hydrogen-bond acceptors (Lipinski definition) is 4. The summed E-state index contributed by atoms with van der Waals surface area (Å²) in [7, 11) is 1.36.